The monoisotopic (exact) mass is 366 g/mol. The van der Waals surface area contributed by atoms with E-state index >= 15 is 0 Å². The molecule has 0 aromatic heterocycles. The summed E-state index contributed by atoms with van der Waals surface area (Å²) >= 11 is 7.40. The summed E-state index contributed by atoms with van der Waals surface area (Å²) in [6.45, 7) is 0. The summed E-state index contributed by atoms with van der Waals surface area (Å²) in [6.07, 6.45) is 7.52. The highest BCUT2D eigenvalue weighted by molar-refractivity contribution is 9.13. The van der Waals surface area contributed by atoms with E-state index in [9.17, 15) is 0 Å². The Kier molecular flexibility index (Phi) is 1.97. The van der Waals surface area contributed by atoms with E-state index in [2.05, 4.69) is 44.0 Å². The first-order valence-corrected chi connectivity index (χ1v) is 8.74. The molecule has 0 heterocycles. The molecule has 3 unspecified atom stereocenters. The number of benzene rings is 1. The highest BCUT2D eigenvalue weighted by Gasteiger charge is 2.64. The van der Waals surface area contributed by atoms with E-state index in [0.717, 1.165) is 29.1 Å². The molecule has 3 atom stereocenters. The maximum Gasteiger partial charge on any atom is 0.0320 e. The first-order chi connectivity index (χ1) is 8.66. The number of rotatable bonds is 0. The molecule has 6 rings (SSSR count). The third-order valence-electron chi connectivity index (χ3n) is 6.31. The molecule has 3 fully saturated rings. The van der Waals surface area contributed by atoms with Gasteiger partial charge in [0.2, 0.25) is 0 Å². The summed E-state index contributed by atoms with van der Waals surface area (Å²) in [6, 6.07) is 4.84. The summed E-state index contributed by atoms with van der Waals surface area (Å²) in [5, 5.41) is 0. The molecule has 94 valence electrons. The SMILES string of the molecule is Brc1cc2c(cc1Br)C1CC13CC1CC2CC1C3. The molecule has 4 bridgehead atoms. The van der Waals surface area contributed by atoms with Crippen LogP contribution in [-0.2, 0) is 0 Å². The Morgan fingerprint density at radius 2 is 1.50 bits per heavy atom. The predicted molar refractivity (Wildman–Crippen MR) is 79.8 cm³/mol. The van der Waals surface area contributed by atoms with Gasteiger partial charge in [0.05, 0.1) is 0 Å². The fourth-order valence-electron chi connectivity index (χ4n) is 5.57. The lowest BCUT2D eigenvalue weighted by Crippen LogP contribution is -2.10. The Morgan fingerprint density at radius 1 is 0.889 bits per heavy atom. The van der Waals surface area contributed by atoms with E-state index in [1.54, 1.807) is 24.0 Å². The zero-order chi connectivity index (χ0) is 12.1. The molecule has 0 radical (unpaired) electrons. The van der Waals surface area contributed by atoms with Gasteiger partial charge < -0.3 is 0 Å². The van der Waals surface area contributed by atoms with Crippen LogP contribution in [0.5, 0.6) is 0 Å². The number of halogens is 2. The predicted octanol–water partition coefficient (Wildman–Crippen LogP) is 5.60. The minimum Gasteiger partial charge on any atom is -0.0496 e. The Balaban J connectivity index is 1.76. The molecule has 1 aromatic carbocycles. The number of hydrogen-bond donors (Lipinski definition) is 0. The third-order valence-corrected chi connectivity index (χ3v) is 8.15. The molecule has 5 aliphatic carbocycles. The molecular formula is C16H16Br2. The van der Waals surface area contributed by atoms with Crippen molar-refractivity contribution >= 4 is 31.9 Å². The van der Waals surface area contributed by atoms with Crippen LogP contribution >= 0.6 is 31.9 Å². The highest BCUT2D eigenvalue weighted by atomic mass is 79.9. The van der Waals surface area contributed by atoms with E-state index in [0.29, 0.717) is 0 Å². The quantitative estimate of drug-likeness (QED) is 0.559. The second kappa shape index (κ2) is 3.25. The largest absolute Gasteiger partial charge is 0.0496 e. The van der Waals surface area contributed by atoms with Crippen LogP contribution in [0.2, 0.25) is 0 Å². The van der Waals surface area contributed by atoms with Crippen molar-refractivity contribution in [3.05, 3.63) is 32.2 Å². The molecule has 0 amide bonds. The zero-order valence-electron chi connectivity index (χ0n) is 10.3. The van der Waals surface area contributed by atoms with Gasteiger partial charge in [-0.15, -0.1) is 0 Å². The van der Waals surface area contributed by atoms with Crippen molar-refractivity contribution in [2.75, 3.05) is 0 Å². The van der Waals surface area contributed by atoms with E-state index in [1.165, 1.54) is 28.2 Å². The average Bonchev–Trinajstić information content (AvgIpc) is 2.64. The van der Waals surface area contributed by atoms with Crippen LogP contribution in [0, 0.1) is 17.3 Å². The lowest BCUT2D eigenvalue weighted by molar-refractivity contribution is 0.426. The summed E-state index contributed by atoms with van der Waals surface area (Å²) in [4.78, 5) is 0. The molecule has 0 N–H and O–H groups in total. The van der Waals surface area contributed by atoms with Gasteiger partial charge in [0, 0.05) is 8.95 Å². The molecule has 2 heteroatoms. The Hall–Kier alpha value is 0.180. The molecule has 18 heavy (non-hydrogen) atoms. The molecule has 5 aliphatic rings. The van der Waals surface area contributed by atoms with E-state index in [4.69, 9.17) is 0 Å². The molecule has 0 aliphatic heterocycles. The van der Waals surface area contributed by atoms with Gasteiger partial charge in [-0.05, 0) is 116 Å². The van der Waals surface area contributed by atoms with Gasteiger partial charge in [0.1, 0.15) is 0 Å². The standard InChI is InChI=1S/C16H16Br2/c17-14-3-11-8-1-9-5-16(6-10(9)2-8)7-13(16)12(11)4-15(14)18/h3-4,8-10,13H,1-2,5-7H2. The fraction of sp³-hybridized carbons (Fsp3) is 0.625. The maximum absolute atomic E-state index is 3.70. The molecule has 3 saturated carbocycles. The first kappa shape index (κ1) is 10.9. The lowest BCUT2D eigenvalue weighted by atomic mass is 9.81. The molecule has 0 nitrogen and oxygen atoms in total. The van der Waals surface area contributed by atoms with Crippen molar-refractivity contribution < 1.29 is 0 Å². The maximum atomic E-state index is 3.70. The van der Waals surface area contributed by atoms with Crippen molar-refractivity contribution in [2.45, 2.75) is 43.9 Å². The summed E-state index contributed by atoms with van der Waals surface area (Å²) in [5.74, 6) is 3.89. The molecule has 1 spiro atoms. The van der Waals surface area contributed by atoms with Crippen LogP contribution in [-0.4, -0.2) is 0 Å². The zero-order valence-corrected chi connectivity index (χ0v) is 13.4. The van der Waals surface area contributed by atoms with Gasteiger partial charge in [-0.25, -0.2) is 0 Å². The van der Waals surface area contributed by atoms with Crippen LogP contribution in [0.1, 0.15) is 55.1 Å². The van der Waals surface area contributed by atoms with Crippen molar-refractivity contribution in [3.63, 3.8) is 0 Å². The second-order valence-corrected chi connectivity index (χ2v) is 8.82. The van der Waals surface area contributed by atoms with Crippen LogP contribution in [0.15, 0.2) is 21.1 Å². The number of hydrogen-bond acceptors (Lipinski definition) is 0. The molecular weight excluding hydrogens is 352 g/mol. The van der Waals surface area contributed by atoms with Gasteiger partial charge >= 0.3 is 0 Å². The van der Waals surface area contributed by atoms with E-state index < -0.39 is 0 Å². The van der Waals surface area contributed by atoms with Crippen molar-refractivity contribution in [1.29, 1.82) is 0 Å². The lowest BCUT2D eigenvalue weighted by Gasteiger charge is -2.24. The summed E-state index contributed by atoms with van der Waals surface area (Å²) in [5.41, 5.74) is 4.11. The van der Waals surface area contributed by atoms with Gasteiger partial charge in [-0.2, -0.15) is 0 Å². The van der Waals surface area contributed by atoms with Crippen LogP contribution in [0.4, 0.5) is 0 Å². The van der Waals surface area contributed by atoms with Gasteiger partial charge in [0.25, 0.3) is 0 Å². The molecule has 1 aromatic rings. The van der Waals surface area contributed by atoms with Crippen molar-refractivity contribution in [1.82, 2.24) is 0 Å². The summed E-state index contributed by atoms with van der Waals surface area (Å²) < 4.78 is 2.49. The van der Waals surface area contributed by atoms with Crippen LogP contribution < -0.4 is 0 Å². The minimum absolute atomic E-state index is 0.739. The fourth-order valence-corrected chi connectivity index (χ4v) is 6.29. The highest BCUT2D eigenvalue weighted by Crippen LogP contribution is 2.76. The third kappa shape index (κ3) is 1.22. The van der Waals surface area contributed by atoms with Crippen molar-refractivity contribution in [2.24, 2.45) is 17.3 Å². The van der Waals surface area contributed by atoms with E-state index in [-0.39, 0.29) is 0 Å². The average molecular weight is 368 g/mol. The minimum atomic E-state index is 0.739. The molecule has 0 saturated heterocycles. The van der Waals surface area contributed by atoms with Crippen molar-refractivity contribution in [3.8, 4) is 0 Å². The summed E-state index contributed by atoms with van der Waals surface area (Å²) in [7, 11) is 0. The van der Waals surface area contributed by atoms with Crippen LogP contribution in [0.25, 0.3) is 0 Å². The smallest absolute Gasteiger partial charge is 0.0320 e. The van der Waals surface area contributed by atoms with Gasteiger partial charge in [0.15, 0.2) is 0 Å². The van der Waals surface area contributed by atoms with Gasteiger partial charge in [-0.1, -0.05) is 0 Å². The Labute approximate surface area is 125 Å². The Bertz CT molecular complexity index is 521. The first-order valence-electron chi connectivity index (χ1n) is 7.15. The topological polar surface area (TPSA) is 0 Å². The normalized spacial score (nSPS) is 46.6. The van der Waals surface area contributed by atoms with E-state index in [1.807, 2.05) is 0 Å². The van der Waals surface area contributed by atoms with Gasteiger partial charge in [-0.3, -0.25) is 0 Å². The Morgan fingerprint density at radius 3 is 2.17 bits per heavy atom. The second-order valence-electron chi connectivity index (χ2n) is 7.11. The van der Waals surface area contributed by atoms with Crippen LogP contribution in [0.3, 0.4) is 0 Å².